The highest BCUT2D eigenvalue weighted by Gasteiger charge is 2.17. The highest BCUT2D eigenvalue weighted by molar-refractivity contribution is 5.70. The lowest BCUT2D eigenvalue weighted by Crippen LogP contribution is -2.30. The fraction of sp³-hybridized carbons (Fsp3) is 0.705. The summed E-state index contributed by atoms with van der Waals surface area (Å²) in [5.74, 6) is -0.425. The van der Waals surface area contributed by atoms with Crippen LogP contribution in [0.15, 0.2) is 97.2 Å². The first-order valence-corrected chi connectivity index (χ1v) is 27.8. The molecule has 0 aliphatic heterocycles. The fourth-order valence-corrected chi connectivity index (χ4v) is 7.48. The summed E-state index contributed by atoms with van der Waals surface area (Å²) in [6.45, 7) is 7.62. The number of esters is 2. The quantitative estimate of drug-likeness (QED) is 0.0346. The van der Waals surface area contributed by atoms with E-state index in [-0.39, 0.29) is 25.2 Å². The number of ether oxygens (including phenoxy) is 3. The molecule has 0 aromatic rings. The van der Waals surface area contributed by atoms with E-state index in [2.05, 4.69) is 118 Å². The Bertz CT molecular complexity index is 1270. The molecule has 66 heavy (non-hydrogen) atoms. The molecule has 0 fully saturated rings. The van der Waals surface area contributed by atoms with Crippen molar-refractivity contribution in [3.63, 3.8) is 0 Å². The van der Waals surface area contributed by atoms with Crippen molar-refractivity contribution in [3.05, 3.63) is 97.2 Å². The molecule has 5 heteroatoms. The Morgan fingerprint density at radius 3 is 1.12 bits per heavy atom. The van der Waals surface area contributed by atoms with Crippen molar-refractivity contribution < 1.29 is 23.8 Å². The topological polar surface area (TPSA) is 61.8 Å². The predicted octanol–water partition coefficient (Wildman–Crippen LogP) is 19.0. The Kier molecular flexibility index (Phi) is 53.4. The second-order valence-electron chi connectivity index (χ2n) is 18.1. The molecular weight excluding hydrogens is 813 g/mol. The molecule has 1 atom stereocenters. The normalized spacial score (nSPS) is 13.0. The van der Waals surface area contributed by atoms with E-state index in [4.69, 9.17) is 14.2 Å². The monoisotopic (exact) mass is 917 g/mol. The number of carbonyl (C=O) groups excluding carboxylic acids is 2. The van der Waals surface area contributed by atoms with E-state index in [0.29, 0.717) is 19.4 Å². The average Bonchev–Trinajstić information content (AvgIpc) is 3.32. The molecule has 0 amide bonds. The van der Waals surface area contributed by atoms with Gasteiger partial charge in [0.25, 0.3) is 0 Å². The molecular formula is C61H104O5. The van der Waals surface area contributed by atoms with Gasteiger partial charge in [0.1, 0.15) is 6.61 Å². The van der Waals surface area contributed by atoms with E-state index in [1.165, 1.54) is 116 Å². The van der Waals surface area contributed by atoms with Crippen LogP contribution in [0.25, 0.3) is 0 Å². The van der Waals surface area contributed by atoms with Gasteiger partial charge in [-0.2, -0.15) is 0 Å². The lowest BCUT2D eigenvalue weighted by Gasteiger charge is -2.18. The molecule has 0 saturated heterocycles. The Hall–Kier alpha value is -3.18. The third kappa shape index (κ3) is 53.4. The van der Waals surface area contributed by atoms with Crippen molar-refractivity contribution in [2.24, 2.45) is 0 Å². The Morgan fingerprint density at radius 2 is 0.682 bits per heavy atom. The molecule has 0 aromatic carbocycles. The van der Waals surface area contributed by atoms with E-state index in [1.807, 2.05) is 0 Å². The van der Waals surface area contributed by atoms with E-state index >= 15 is 0 Å². The number of allylic oxidation sites excluding steroid dienone is 16. The molecule has 0 N–H and O–H groups in total. The molecule has 1 unspecified atom stereocenters. The first-order valence-electron chi connectivity index (χ1n) is 27.8. The van der Waals surface area contributed by atoms with Crippen LogP contribution < -0.4 is 0 Å². The molecule has 5 nitrogen and oxygen atoms in total. The van der Waals surface area contributed by atoms with E-state index in [1.54, 1.807) is 0 Å². The van der Waals surface area contributed by atoms with Crippen molar-refractivity contribution >= 4 is 11.9 Å². The largest absolute Gasteiger partial charge is 0.462 e. The second-order valence-corrected chi connectivity index (χ2v) is 18.1. The number of hydrogen-bond acceptors (Lipinski definition) is 5. The number of hydrogen-bond donors (Lipinski definition) is 0. The van der Waals surface area contributed by atoms with Gasteiger partial charge in [0.05, 0.1) is 6.61 Å². The number of rotatable bonds is 50. The minimum atomic E-state index is -0.558. The molecule has 0 spiro atoms. The fourth-order valence-electron chi connectivity index (χ4n) is 7.48. The first kappa shape index (κ1) is 62.8. The van der Waals surface area contributed by atoms with Gasteiger partial charge in [0.15, 0.2) is 6.10 Å². The van der Waals surface area contributed by atoms with Crippen LogP contribution in [0.1, 0.15) is 252 Å². The standard InChI is InChI=1S/C61H104O5/c1-4-7-10-13-16-19-22-24-26-28-30-32-34-36-38-41-44-47-50-53-56-64-57-59(66-61(63)55-52-49-46-43-39-21-18-15-12-9-6-3)58-65-60(62)54-51-48-45-42-40-37-35-33-31-29-27-25-23-20-17-14-11-8-5-2/h7,10,16-17,19-20,24-27,30-33,36,38,59H,4-6,8-9,11-15,18,21-23,28-29,34-35,37,39-58H2,1-3H3/b10-7-,19-16-,20-17-,26-24-,27-25-,32-30-,33-31-,38-36-. The minimum Gasteiger partial charge on any atom is -0.462 e. The zero-order chi connectivity index (χ0) is 47.7. The lowest BCUT2D eigenvalue weighted by atomic mass is 10.1. The summed E-state index contributed by atoms with van der Waals surface area (Å²) in [7, 11) is 0. The van der Waals surface area contributed by atoms with Crippen molar-refractivity contribution in [1.82, 2.24) is 0 Å². The van der Waals surface area contributed by atoms with Gasteiger partial charge in [0, 0.05) is 19.4 Å². The third-order valence-electron chi connectivity index (χ3n) is 11.6. The summed E-state index contributed by atoms with van der Waals surface area (Å²) >= 11 is 0. The van der Waals surface area contributed by atoms with Gasteiger partial charge in [-0.05, 0) is 103 Å². The number of unbranched alkanes of at least 4 members (excludes halogenated alkanes) is 23. The molecule has 0 radical (unpaired) electrons. The highest BCUT2D eigenvalue weighted by atomic mass is 16.6. The van der Waals surface area contributed by atoms with E-state index < -0.39 is 6.10 Å². The van der Waals surface area contributed by atoms with Crippen LogP contribution in [-0.4, -0.2) is 37.9 Å². The molecule has 0 saturated carbocycles. The van der Waals surface area contributed by atoms with Crippen LogP contribution in [0.3, 0.4) is 0 Å². The van der Waals surface area contributed by atoms with Gasteiger partial charge in [-0.25, -0.2) is 0 Å². The summed E-state index contributed by atoms with van der Waals surface area (Å²) in [6.07, 6.45) is 75.6. The van der Waals surface area contributed by atoms with Crippen molar-refractivity contribution in [2.75, 3.05) is 19.8 Å². The zero-order valence-corrected chi connectivity index (χ0v) is 43.4. The minimum absolute atomic E-state index is 0.0650. The van der Waals surface area contributed by atoms with Gasteiger partial charge < -0.3 is 14.2 Å². The summed E-state index contributed by atoms with van der Waals surface area (Å²) in [5, 5.41) is 0. The molecule has 378 valence electrons. The van der Waals surface area contributed by atoms with Crippen LogP contribution in [0.4, 0.5) is 0 Å². The van der Waals surface area contributed by atoms with Gasteiger partial charge in [-0.1, -0.05) is 234 Å². The van der Waals surface area contributed by atoms with Crippen LogP contribution in [-0.2, 0) is 23.8 Å². The van der Waals surface area contributed by atoms with E-state index in [0.717, 1.165) is 103 Å². The average molecular weight is 917 g/mol. The lowest BCUT2D eigenvalue weighted by molar-refractivity contribution is -0.163. The van der Waals surface area contributed by atoms with Gasteiger partial charge in [0.2, 0.25) is 0 Å². The smallest absolute Gasteiger partial charge is 0.306 e. The Morgan fingerprint density at radius 1 is 0.348 bits per heavy atom. The first-order chi connectivity index (χ1) is 32.6. The predicted molar refractivity (Wildman–Crippen MR) is 288 cm³/mol. The van der Waals surface area contributed by atoms with Crippen LogP contribution in [0, 0.1) is 0 Å². The Labute approximate surface area is 409 Å². The number of carbonyl (C=O) groups is 2. The van der Waals surface area contributed by atoms with Gasteiger partial charge in [-0.3, -0.25) is 9.59 Å². The summed E-state index contributed by atoms with van der Waals surface area (Å²) in [4.78, 5) is 25.4. The van der Waals surface area contributed by atoms with E-state index in [9.17, 15) is 9.59 Å². The molecule has 0 aliphatic carbocycles. The molecule has 0 heterocycles. The van der Waals surface area contributed by atoms with Crippen LogP contribution >= 0.6 is 0 Å². The van der Waals surface area contributed by atoms with Crippen LogP contribution in [0.5, 0.6) is 0 Å². The maximum Gasteiger partial charge on any atom is 0.306 e. The summed E-state index contributed by atoms with van der Waals surface area (Å²) < 4.78 is 17.4. The van der Waals surface area contributed by atoms with Crippen molar-refractivity contribution in [3.8, 4) is 0 Å². The maximum absolute atomic E-state index is 12.8. The third-order valence-corrected chi connectivity index (χ3v) is 11.6. The van der Waals surface area contributed by atoms with Gasteiger partial charge >= 0.3 is 11.9 Å². The molecule has 0 rings (SSSR count). The highest BCUT2D eigenvalue weighted by Crippen LogP contribution is 2.14. The second kappa shape index (κ2) is 56.1. The van der Waals surface area contributed by atoms with Crippen molar-refractivity contribution in [1.29, 1.82) is 0 Å². The molecule has 0 aliphatic rings. The van der Waals surface area contributed by atoms with Gasteiger partial charge in [-0.15, -0.1) is 0 Å². The summed E-state index contributed by atoms with van der Waals surface area (Å²) in [6, 6.07) is 0. The van der Waals surface area contributed by atoms with Crippen LogP contribution in [0.2, 0.25) is 0 Å². The van der Waals surface area contributed by atoms with Crippen molar-refractivity contribution in [2.45, 2.75) is 258 Å². The molecule has 0 aromatic heterocycles. The Balaban J connectivity index is 4.31. The summed E-state index contributed by atoms with van der Waals surface area (Å²) in [5.41, 5.74) is 0. The SMILES string of the molecule is CC/C=C\C/C=C\C/C=C\C/C=C\C/C=C\CCCCCCOCC(COC(=O)CCCCCCCC/C=C\C/C=C\C/C=C\CCCCC)OC(=O)CCCCCCCCCCCCC. The maximum atomic E-state index is 12.8. The molecule has 0 bridgehead atoms. The zero-order valence-electron chi connectivity index (χ0n) is 43.4.